The van der Waals surface area contributed by atoms with E-state index in [0.717, 1.165) is 30.2 Å². The summed E-state index contributed by atoms with van der Waals surface area (Å²) < 4.78 is 0. The van der Waals surface area contributed by atoms with Crippen LogP contribution in [0, 0.1) is 0 Å². The monoisotopic (exact) mass is 286 g/mol. The molecule has 0 spiro atoms. The number of rotatable bonds is 0. The number of hydrogen-bond donors (Lipinski definition) is 1. The van der Waals surface area contributed by atoms with Crippen LogP contribution in [0.15, 0.2) is 29.3 Å². The molecule has 2 aliphatic heterocycles. The zero-order chi connectivity index (χ0) is 14.8. The van der Waals surface area contributed by atoms with Crippen LogP contribution >= 0.6 is 0 Å². The summed E-state index contributed by atoms with van der Waals surface area (Å²) in [6.07, 6.45) is 4.04. The molecule has 1 saturated heterocycles. The maximum absolute atomic E-state index is 12.3. The SMILES string of the molecule is CN1C(=O)C(N)N=C(N2CCCCCC2)c2ccccc21. The quantitative estimate of drug-likeness (QED) is 0.787. The molecular formula is C16H22N4O. The summed E-state index contributed by atoms with van der Waals surface area (Å²) >= 11 is 0. The van der Waals surface area contributed by atoms with E-state index in [1.54, 1.807) is 11.9 Å². The van der Waals surface area contributed by atoms with Crippen LogP contribution < -0.4 is 10.6 Å². The normalized spacial score (nSPS) is 23.2. The molecule has 0 saturated carbocycles. The number of likely N-dealkylation sites (tertiary alicyclic amines) is 1. The average Bonchev–Trinajstić information content (AvgIpc) is 2.83. The molecule has 0 aliphatic carbocycles. The molecule has 0 aromatic heterocycles. The van der Waals surface area contributed by atoms with Crippen LogP contribution in [0.5, 0.6) is 0 Å². The summed E-state index contributed by atoms with van der Waals surface area (Å²) in [5, 5.41) is 0. The first-order chi connectivity index (χ1) is 10.2. The lowest BCUT2D eigenvalue weighted by atomic mass is 10.1. The van der Waals surface area contributed by atoms with E-state index in [1.807, 2.05) is 24.3 Å². The standard InChI is InChI=1S/C16H22N4O/c1-19-13-9-5-4-8-12(13)15(18-14(17)16(19)21)20-10-6-2-3-7-11-20/h4-5,8-9,14H,2-3,6-7,10-11,17H2,1H3. The molecule has 0 radical (unpaired) electrons. The zero-order valence-corrected chi connectivity index (χ0v) is 12.5. The highest BCUT2D eigenvalue weighted by Gasteiger charge is 2.29. The molecule has 3 rings (SSSR count). The van der Waals surface area contributed by atoms with Crippen molar-refractivity contribution in [2.75, 3.05) is 25.0 Å². The minimum atomic E-state index is -0.819. The third-order valence-corrected chi connectivity index (χ3v) is 4.26. The Balaban J connectivity index is 2.06. The van der Waals surface area contributed by atoms with E-state index in [2.05, 4.69) is 9.89 Å². The van der Waals surface area contributed by atoms with Gasteiger partial charge in [0, 0.05) is 25.7 Å². The summed E-state index contributed by atoms with van der Waals surface area (Å²) in [5.41, 5.74) is 7.87. The van der Waals surface area contributed by atoms with Crippen molar-refractivity contribution in [2.45, 2.75) is 31.8 Å². The summed E-state index contributed by atoms with van der Waals surface area (Å²) in [6.45, 7) is 1.97. The van der Waals surface area contributed by atoms with Gasteiger partial charge in [0.05, 0.1) is 5.69 Å². The van der Waals surface area contributed by atoms with Gasteiger partial charge in [0.1, 0.15) is 5.84 Å². The summed E-state index contributed by atoms with van der Waals surface area (Å²) in [4.78, 5) is 20.7. The molecule has 1 unspecified atom stereocenters. The molecule has 0 bridgehead atoms. The number of benzodiazepines with no additional fused rings is 1. The van der Waals surface area contributed by atoms with Crippen LogP contribution in [-0.4, -0.2) is 42.9 Å². The van der Waals surface area contributed by atoms with Gasteiger partial charge in [-0.2, -0.15) is 0 Å². The van der Waals surface area contributed by atoms with Gasteiger partial charge in [-0.1, -0.05) is 25.0 Å². The van der Waals surface area contributed by atoms with Crippen LogP contribution in [0.4, 0.5) is 5.69 Å². The zero-order valence-electron chi connectivity index (χ0n) is 12.5. The number of carbonyl (C=O) groups excluding carboxylic acids is 1. The number of aliphatic imine (C=N–C) groups is 1. The van der Waals surface area contributed by atoms with Crippen molar-refractivity contribution in [3.8, 4) is 0 Å². The van der Waals surface area contributed by atoms with E-state index in [4.69, 9.17) is 5.73 Å². The Morgan fingerprint density at radius 3 is 2.52 bits per heavy atom. The summed E-state index contributed by atoms with van der Waals surface area (Å²) in [7, 11) is 1.77. The molecule has 112 valence electrons. The summed E-state index contributed by atoms with van der Waals surface area (Å²) in [5.74, 6) is 0.713. The van der Waals surface area contributed by atoms with Gasteiger partial charge in [-0.3, -0.25) is 4.79 Å². The first kappa shape index (κ1) is 14.1. The van der Waals surface area contributed by atoms with Crippen LogP contribution in [-0.2, 0) is 4.79 Å². The van der Waals surface area contributed by atoms with Crippen molar-refractivity contribution >= 4 is 17.4 Å². The first-order valence-electron chi connectivity index (χ1n) is 7.64. The number of anilines is 1. The Morgan fingerprint density at radius 1 is 1.14 bits per heavy atom. The highest BCUT2D eigenvalue weighted by molar-refractivity contribution is 6.11. The number of carbonyl (C=O) groups is 1. The molecule has 1 amide bonds. The Labute approximate surface area is 125 Å². The largest absolute Gasteiger partial charge is 0.356 e. The fourth-order valence-electron chi connectivity index (χ4n) is 3.06. The second-order valence-electron chi connectivity index (χ2n) is 5.71. The van der Waals surface area contributed by atoms with E-state index < -0.39 is 6.17 Å². The predicted octanol–water partition coefficient (Wildman–Crippen LogP) is 1.57. The fraction of sp³-hybridized carbons (Fsp3) is 0.500. The highest BCUT2D eigenvalue weighted by Crippen LogP contribution is 2.26. The number of benzene rings is 1. The Hall–Kier alpha value is -1.88. The predicted molar refractivity (Wildman–Crippen MR) is 84.4 cm³/mol. The van der Waals surface area contributed by atoms with Crippen molar-refractivity contribution < 1.29 is 4.79 Å². The number of likely N-dealkylation sites (N-methyl/N-ethyl adjacent to an activating group) is 1. The van der Waals surface area contributed by atoms with Gasteiger partial charge in [-0.25, -0.2) is 4.99 Å². The maximum atomic E-state index is 12.3. The molecule has 1 aromatic rings. The lowest BCUT2D eigenvalue weighted by Gasteiger charge is -2.25. The Morgan fingerprint density at radius 2 is 1.81 bits per heavy atom. The van der Waals surface area contributed by atoms with E-state index in [9.17, 15) is 4.79 Å². The Bertz CT molecular complexity index is 561. The first-order valence-corrected chi connectivity index (χ1v) is 7.64. The van der Waals surface area contributed by atoms with E-state index in [0.29, 0.717) is 0 Å². The van der Waals surface area contributed by atoms with Crippen molar-refractivity contribution in [3.05, 3.63) is 29.8 Å². The number of nitrogens with zero attached hydrogens (tertiary/aromatic N) is 3. The maximum Gasteiger partial charge on any atom is 0.266 e. The summed E-state index contributed by atoms with van der Waals surface area (Å²) in [6, 6.07) is 7.92. The molecule has 2 N–H and O–H groups in total. The smallest absolute Gasteiger partial charge is 0.266 e. The molecule has 1 fully saturated rings. The average molecular weight is 286 g/mol. The number of fused-ring (bicyclic) bond motifs is 1. The van der Waals surface area contributed by atoms with E-state index in [-0.39, 0.29) is 5.91 Å². The van der Waals surface area contributed by atoms with Gasteiger partial charge >= 0.3 is 0 Å². The highest BCUT2D eigenvalue weighted by atomic mass is 16.2. The van der Waals surface area contributed by atoms with Crippen LogP contribution in [0.1, 0.15) is 31.2 Å². The molecule has 21 heavy (non-hydrogen) atoms. The van der Waals surface area contributed by atoms with Crippen molar-refractivity contribution in [2.24, 2.45) is 10.7 Å². The van der Waals surface area contributed by atoms with Gasteiger partial charge in [-0.05, 0) is 25.0 Å². The van der Waals surface area contributed by atoms with Crippen LogP contribution in [0.3, 0.4) is 0 Å². The number of nitrogens with two attached hydrogens (primary N) is 1. The van der Waals surface area contributed by atoms with E-state index >= 15 is 0 Å². The Kier molecular flexibility index (Phi) is 3.92. The molecule has 2 aliphatic rings. The molecule has 1 atom stereocenters. The van der Waals surface area contributed by atoms with Crippen LogP contribution in [0.25, 0.3) is 0 Å². The topological polar surface area (TPSA) is 61.9 Å². The third kappa shape index (κ3) is 2.65. The molecular weight excluding hydrogens is 264 g/mol. The van der Waals surface area contributed by atoms with Crippen LogP contribution in [0.2, 0.25) is 0 Å². The molecule has 5 heteroatoms. The van der Waals surface area contributed by atoms with Gasteiger partial charge in [0.15, 0.2) is 6.17 Å². The van der Waals surface area contributed by atoms with Gasteiger partial charge in [0.2, 0.25) is 0 Å². The van der Waals surface area contributed by atoms with Gasteiger partial charge < -0.3 is 15.5 Å². The van der Waals surface area contributed by atoms with Crippen molar-refractivity contribution in [1.29, 1.82) is 0 Å². The van der Waals surface area contributed by atoms with E-state index in [1.165, 1.54) is 25.7 Å². The molecule has 2 heterocycles. The number of para-hydroxylation sites is 1. The minimum absolute atomic E-state index is 0.160. The third-order valence-electron chi connectivity index (χ3n) is 4.26. The molecule has 1 aromatic carbocycles. The second-order valence-corrected chi connectivity index (χ2v) is 5.71. The van der Waals surface area contributed by atoms with Gasteiger partial charge in [-0.15, -0.1) is 0 Å². The lowest BCUT2D eigenvalue weighted by Crippen LogP contribution is -2.40. The van der Waals surface area contributed by atoms with Gasteiger partial charge in [0.25, 0.3) is 5.91 Å². The number of amides is 1. The molecule has 5 nitrogen and oxygen atoms in total. The van der Waals surface area contributed by atoms with Crippen molar-refractivity contribution in [3.63, 3.8) is 0 Å². The second kappa shape index (κ2) is 5.85. The fourth-order valence-corrected chi connectivity index (χ4v) is 3.06. The van der Waals surface area contributed by atoms with Crippen molar-refractivity contribution in [1.82, 2.24) is 4.90 Å². The number of hydrogen-bond acceptors (Lipinski definition) is 4. The minimum Gasteiger partial charge on any atom is -0.356 e. The number of amidine groups is 1. The lowest BCUT2D eigenvalue weighted by molar-refractivity contribution is -0.119.